The molecular weight excluding hydrogens is 290 g/mol. The molecule has 0 amide bonds. The summed E-state index contributed by atoms with van der Waals surface area (Å²) in [7, 11) is 1.45. The lowest BCUT2D eigenvalue weighted by Gasteiger charge is -2.10. The molecule has 0 saturated heterocycles. The molecule has 0 aliphatic rings. The van der Waals surface area contributed by atoms with Crippen LogP contribution in [0, 0.1) is 0 Å². The number of rotatable bonds is 7. The summed E-state index contributed by atoms with van der Waals surface area (Å²) in [6.07, 6.45) is -0.923. The van der Waals surface area contributed by atoms with Crippen molar-refractivity contribution in [3.05, 3.63) is 54.1 Å². The molecule has 0 aliphatic heterocycles. The molecule has 2 aromatic rings. The Morgan fingerprint density at radius 2 is 1.91 bits per heavy atom. The molecule has 116 valence electrons. The van der Waals surface area contributed by atoms with Crippen molar-refractivity contribution in [1.82, 2.24) is 0 Å². The first-order chi connectivity index (χ1) is 10.7. The highest BCUT2D eigenvalue weighted by atomic mass is 19.3. The molecule has 0 heterocycles. The van der Waals surface area contributed by atoms with Gasteiger partial charge in [-0.2, -0.15) is 5.10 Å². The topological polar surface area (TPSA) is 42.8 Å². The first kappa shape index (κ1) is 15.8. The van der Waals surface area contributed by atoms with Gasteiger partial charge in [0.25, 0.3) is 6.43 Å². The van der Waals surface area contributed by atoms with E-state index in [4.69, 9.17) is 9.47 Å². The number of ether oxygens (including phenoxy) is 2. The fourth-order valence-electron chi connectivity index (χ4n) is 1.73. The largest absolute Gasteiger partial charge is 0.493 e. The SMILES string of the molecule is COc1cc(C=NNc2ccccc2)ccc1OCC(F)F. The minimum absolute atomic E-state index is 0.274. The average molecular weight is 306 g/mol. The zero-order valence-corrected chi connectivity index (χ0v) is 12.0. The van der Waals surface area contributed by atoms with Crippen molar-refractivity contribution in [3.63, 3.8) is 0 Å². The van der Waals surface area contributed by atoms with Crippen molar-refractivity contribution < 1.29 is 18.3 Å². The number of nitrogens with one attached hydrogen (secondary N) is 1. The van der Waals surface area contributed by atoms with Crippen LogP contribution in [0.5, 0.6) is 11.5 Å². The van der Waals surface area contributed by atoms with Gasteiger partial charge in [-0.15, -0.1) is 0 Å². The second kappa shape index (κ2) is 7.97. The predicted octanol–water partition coefficient (Wildman–Crippen LogP) is 3.79. The highest BCUT2D eigenvalue weighted by Crippen LogP contribution is 2.27. The number of alkyl halides is 2. The first-order valence-corrected chi connectivity index (χ1v) is 6.62. The molecule has 0 unspecified atom stereocenters. The van der Waals surface area contributed by atoms with E-state index in [2.05, 4.69) is 10.5 Å². The smallest absolute Gasteiger partial charge is 0.272 e. The van der Waals surface area contributed by atoms with Crippen LogP contribution in [0.2, 0.25) is 0 Å². The molecule has 0 saturated carbocycles. The molecule has 2 rings (SSSR count). The standard InChI is InChI=1S/C16H16F2N2O2/c1-21-15-9-12(7-8-14(15)22-11-16(17)18)10-19-20-13-5-3-2-4-6-13/h2-10,16,20H,11H2,1H3. The van der Waals surface area contributed by atoms with Gasteiger partial charge in [-0.3, -0.25) is 5.43 Å². The molecule has 0 spiro atoms. The molecule has 6 heteroatoms. The zero-order valence-electron chi connectivity index (χ0n) is 12.0. The number of hydrazone groups is 1. The van der Waals surface area contributed by atoms with Crippen LogP contribution >= 0.6 is 0 Å². The average Bonchev–Trinajstić information content (AvgIpc) is 2.54. The summed E-state index contributed by atoms with van der Waals surface area (Å²) in [6.45, 7) is -0.667. The van der Waals surface area contributed by atoms with E-state index in [1.54, 1.807) is 24.4 Å². The van der Waals surface area contributed by atoms with E-state index in [1.807, 2.05) is 30.3 Å². The Morgan fingerprint density at radius 1 is 1.14 bits per heavy atom. The number of methoxy groups -OCH3 is 1. The number of halogens is 2. The molecule has 1 N–H and O–H groups in total. The zero-order chi connectivity index (χ0) is 15.8. The van der Waals surface area contributed by atoms with Crippen LogP contribution in [0.4, 0.5) is 14.5 Å². The highest BCUT2D eigenvalue weighted by Gasteiger charge is 2.08. The molecule has 0 aromatic heterocycles. The van der Waals surface area contributed by atoms with Gasteiger partial charge in [0.1, 0.15) is 6.61 Å². The van der Waals surface area contributed by atoms with Crippen molar-refractivity contribution >= 4 is 11.9 Å². The number of hydrogen-bond acceptors (Lipinski definition) is 4. The summed E-state index contributed by atoms with van der Waals surface area (Å²) < 4.78 is 34.4. The molecule has 4 nitrogen and oxygen atoms in total. The molecule has 0 fully saturated rings. The van der Waals surface area contributed by atoms with Gasteiger partial charge in [0, 0.05) is 0 Å². The molecule has 0 aliphatic carbocycles. The van der Waals surface area contributed by atoms with Crippen molar-refractivity contribution in [3.8, 4) is 11.5 Å². The summed E-state index contributed by atoms with van der Waals surface area (Å²) in [6, 6.07) is 14.4. The van der Waals surface area contributed by atoms with E-state index in [9.17, 15) is 8.78 Å². The molecule has 0 atom stereocenters. The Hall–Kier alpha value is -2.63. The maximum absolute atomic E-state index is 12.2. The summed E-state index contributed by atoms with van der Waals surface area (Å²) in [5, 5.41) is 4.10. The summed E-state index contributed by atoms with van der Waals surface area (Å²) in [5.41, 5.74) is 4.50. The molecule has 0 radical (unpaired) electrons. The minimum atomic E-state index is -2.53. The normalized spacial score (nSPS) is 10.9. The maximum atomic E-state index is 12.2. The highest BCUT2D eigenvalue weighted by molar-refractivity contribution is 5.81. The number of benzene rings is 2. The Labute approximate surface area is 127 Å². The van der Waals surface area contributed by atoms with Gasteiger partial charge in [-0.05, 0) is 35.9 Å². The van der Waals surface area contributed by atoms with Crippen LogP contribution < -0.4 is 14.9 Å². The van der Waals surface area contributed by atoms with Crippen molar-refractivity contribution in [1.29, 1.82) is 0 Å². The van der Waals surface area contributed by atoms with Crippen molar-refractivity contribution in [2.24, 2.45) is 5.10 Å². The van der Waals surface area contributed by atoms with E-state index in [1.165, 1.54) is 7.11 Å². The maximum Gasteiger partial charge on any atom is 0.272 e. The van der Waals surface area contributed by atoms with Gasteiger partial charge in [0.05, 0.1) is 19.0 Å². The van der Waals surface area contributed by atoms with Gasteiger partial charge in [-0.25, -0.2) is 8.78 Å². The van der Waals surface area contributed by atoms with Crippen molar-refractivity contribution in [2.75, 3.05) is 19.1 Å². The lowest BCUT2D eigenvalue weighted by Crippen LogP contribution is -2.07. The van der Waals surface area contributed by atoms with E-state index in [0.717, 1.165) is 11.3 Å². The van der Waals surface area contributed by atoms with Gasteiger partial charge >= 0.3 is 0 Å². The van der Waals surface area contributed by atoms with Gasteiger partial charge < -0.3 is 9.47 Å². The Balaban J connectivity index is 2.02. The van der Waals surface area contributed by atoms with Gasteiger partial charge in [0.2, 0.25) is 0 Å². The third-order valence-corrected chi connectivity index (χ3v) is 2.73. The lowest BCUT2D eigenvalue weighted by atomic mass is 10.2. The van der Waals surface area contributed by atoms with Gasteiger partial charge in [-0.1, -0.05) is 18.2 Å². The predicted molar refractivity (Wildman–Crippen MR) is 82.2 cm³/mol. The fourth-order valence-corrected chi connectivity index (χ4v) is 1.73. The second-order valence-corrected chi connectivity index (χ2v) is 4.35. The van der Waals surface area contributed by atoms with Crippen LogP contribution in [-0.4, -0.2) is 26.4 Å². The van der Waals surface area contributed by atoms with Crippen LogP contribution in [-0.2, 0) is 0 Å². The van der Waals surface area contributed by atoms with E-state index < -0.39 is 13.0 Å². The minimum Gasteiger partial charge on any atom is -0.493 e. The Morgan fingerprint density at radius 3 is 2.59 bits per heavy atom. The number of anilines is 1. The molecule has 22 heavy (non-hydrogen) atoms. The quantitative estimate of drug-likeness (QED) is 0.625. The van der Waals surface area contributed by atoms with E-state index in [-0.39, 0.29) is 5.75 Å². The van der Waals surface area contributed by atoms with Crippen LogP contribution in [0.1, 0.15) is 5.56 Å². The molecule has 2 aromatic carbocycles. The third-order valence-electron chi connectivity index (χ3n) is 2.73. The lowest BCUT2D eigenvalue weighted by molar-refractivity contribution is 0.0804. The van der Waals surface area contributed by atoms with Crippen LogP contribution in [0.25, 0.3) is 0 Å². The summed E-state index contributed by atoms with van der Waals surface area (Å²) in [5.74, 6) is 0.653. The number of para-hydroxylation sites is 1. The number of hydrogen-bond donors (Lipinski definition) is 1. The Bertz CT molecular complexity index is 619. The molecular formula is C16H16F2N2O2. The molecule has 0 bridgehead atoms. The van der Waals surface area contributed by atoms with Crippen molar-refractivity contribution in [2.45, 2.75) is 6.43 Å². The van der Waals surface area contributed by atoms with Crippen LogP contribution in [0.15, 0.2) is 53.6 Å². The summed E-state index contributed by atoms with van der Waals surface area (Å²) >= 11 is 0. The van der Waals surface area contributed by atoms with E-state index >= 15 is 0 Å². The monoisotopic (exact) mass is 306 g/mol. The van der Waals surface area contributed by atoms with Gasteiger partial charge in [0.15, 0.2) is 11.5 Å². The second-order valence-electron chi connectivity index (χ2n) is 4.35. The Kier molecular flexibility index (Phi) is 5.71. The van der Waals surface area contributed by atoms with Crippen LogP contribution in [0.3, 0.4) is 0 Å². The number of nitrogens with zero attached hydrogens (tertiary/aromatic N) is 1. The third kappa shape index (κ3) is 4.73. The summed E-state index contributed by atoms with van der Waals surface area (Å²) in [4.78, 5) is 0. The fraction of sp³-hybridized carbons (Fsp3) is 0.188. The first-order valence-electron chi connectivity index (χ1n) is 6.62. The van der Waals surface area contributed by atoms with E-state index in [0.29, 0.717) is 5.75 Å².